The topological polar surface area (TPSA) is 67.8 Å². The van der Waals surface area contributed by atoms with Crippen molar-refractivity contribution >= 4 is 16.6 Å². The van der Waals surface area contributed by atoms with E-state index in [2.05, 4.69) is 20.3 Å². The van der Waals surface area contributed by atoms with Crippen LogP contribution in [0.2, 0.25) is 0 Å². The maximum Gasteiger partial charge on any atom is 0.161 e. The fourth-order valence-electron chi connectivity index (χ4n) is 2.94. The molecule has 1 N–H and O–H groups in total. The molecule has 0 amide bonds. The number of aromatic nitrogens is 3. The van der Waals surface area contributed by atoms with Crippen LogP contribution in [0.5, 0.6) is 0 Å². The molecule has 5 nitrogen and oxygen atoms in total. The second kappa shape index (κ2) is 7.64. The summed E-state index contributed by atoms with van der Waals surface area (Å²) in [5.74, 6) is 1.94. The molecule has 0 saturated heterocycles. The Morgan fingerprint density at radius 2 is 1.91 bits per heavy atom. The zero-order chi connectivity index (χ0) is 16.1. The first-order chi connectivity index (χ1) is 11.2. The van der Waals surface area contributed by atoms with Crippen LogP contribution in [0.15, 0.2) is 30.6 Å². The van der Waals surface area contributed by atoms with E-state index < -0.39 is 10.8 Å². The molecule has 2 aromatic heterocycles. The molecule has 6 heteroatoms. The van der Waals surface area contributed by atoms with Crippen LogP contribution >= 0.6 is 0 Å². The Morgan fingerprint density at radius 3 is 2.61 bits per heavy atom. The molecule has 0 spiro atoms. The third kappa shape index (κ3) is 4.58. The van der Waals surface area contributed by atoms with Crippen LogP contribution in [0.3, 0.4) is 0 Å². The summed E-state index contributed by atoms with van der Waals surface area (Å²) in [6.45, 7) is 0. The lowest BCUT2D eigenvalue weighted by atomic mass is 9.95. The van der Waals surface area contributed by atoms with Crippen LogP contribution in [-0.2, 0) is 16.6 Å². The molecule has 1 unspecified atom stereocenters. The molecule has 1 aliphatic carbocycles. The molecule has 1 atom stereocenters. The number of hydrogen-bond donors (Lipinski definition) is 1. The van der Waals surface area contributed by atoms with Crippen LogP contribution in [-0.4, -0.2) is 31.5 Å². The fourth-order valence-corrected chi connectivity index (χ4v) is 3.50. The predicted octanol–water partition coefficient (Wildman–Crippen LogP) is 3.16. The lowest BCUT2D eigenvalue weighted by Crippen LogP contribution is -2.23. The summed E-state index contributed by atoms with van der Waals surface area (Å²) in [5, 5.41) is 3.54. The molecule has 1 fully saturated rings. The Morgan fingerprint density at radius 1 is 1.17 bits per heavy atom. The van der Waals surface area contributed by atoms with Gasteiger partial charge in [-0.1, -0.05) is 19.3 Å². The third-order valence-electron chi connectivity index (χ3n) is 4.03. The van der Waals surface area contributed by atoms with Crippen molar-refractivity contribution in [3.63, 3.8) is 0 Å². The van der Waals surface area contributed by atoms with Crippen molar-refractivity contribution in [2.75, 3.05) is 11.6 Å². The van der Waals surface area contributed by atoms with Gasteiger partial charge in [-0.25, -0.2) is 9.97 Å². The standard InChI is InChI=1S/C17H22N4OS/c1-23(22)12-15-11-16(19-14-5-3-2-4-6-14)21-17(20-15)13-7-9-18-10-8-13/h7-11,14H,2-6,12H2,1H3,(H,19,20,21). The number of pyridine rings is 1. The molecule has 23 heavy (non-hydrogen) atoms. The number of anilines is 1. The minimum Gasteiger partial charge on any atom is -0.367 e. The van der Waals surface area contributed by atoms with E-state index in [1.165, 1.54) is 32.1 Å². The van der Waals surface area contributed by atoms with Crippen molar-refractivity contribution in [2.45, 2.75) is 43.9 Å². The highest BCUT2D eigenvalue weighted by molar-refractivity contribution is 7.83. The van der Waals surface area contributed by atoms with E-state index in [1.807, 2.05) is 18.2 Å². The maximum atomic E-state index is 11.6. The van der Waals surface area contributed by atoms with Gasteiger partial charge in [0.1, 0.15) is 5.82 Å². The molecule has 122 valence electrons. The van der Waals surface area contributed by atoms with Crippen molar-refractivity contribution < 1.29 is 4.21 Å². The summed E-state index contributed by atoms with van der Waals surface area (Å²) in [7, 11) is -0.927. The Hall–Kier alpha value is -1.82. The zero-order valence-corrected chi connectivity index (χ0v) is 14.2. The summed E-state index contributed by atoms with van der Waals surface area (Å²) in [4.78, 5) is 13.3. The summed E-state index contributed by atoms with van der Waals surface area (Å²) >= 11 is 0. The van der Waals surface area contributed by atoms with Gasteiger partial charge in [-0.3, -0.25) is 9.19 Å². The molecular formula is C17H22N4OS. The van der Waals surface area contributed by atoms with E-state index >= 15 is 0 Å². The molecule has 0 bridgehead atoms. The molecule has 1 saturated carbocycles. The van der Waals surface area contributed by atoms with Crippen molar-refractivity contribution in [1.82, 2.24) is 15.0 Å². The Labute approximate surface area is 139 Å². The minimum atomic E-state index is -0.927. The van der Waals surface area contributed by atoms with Crippen LogP contribution in [0.25, 0.3) is 11.4 Å². The first-order valence-electron chi connectivity index (χ1n) is 8.05. The number of nitrogens with one attached hydrogen (secondary N) is 1. The van der Waals surface area contributed by atoms with E-state index in [0.717, 1.165) is 17.1 Å². The third-order valence-corrected chi connectivity index (χ3v) is 4.73. The Bertz CT molecular complexity index is 672. The first kappa shape index (κ1) is 16.1. The smallest absolute Gasteiger partial charge is 0.161 e. The molecule has 0 aliphatic heterocycles. The average molecular weight is 330 g/mol. The van der Waals surface area contributed by atoms with Crippen molar-refractivity contribution in [3.8, 4) is 11.4 Å². The largest absolute Gasteiger partial charge is 0.367 e. The van der Waals surface area contributed by atoms with E-state index in [1.54, 1.807) is 18.6 Å². The van der Waals surface area contributed by atoms with Gasteiger partial charge in [0.25, 0.3) is 0 Å². The van der Waals surface area contributed by atoms with E-state index in [-0.39, 0.29) is 0 Å². The SMILES string of the molecule is CS(=O)Cc1cc(NC2CCCCC2)nc(-c2ccncc2)n1. The lowest BCUT2D eigenvalue weighted by molar-refractivity contribution is 0.462. The van der Waals surface area contributed by atoms with Gasteiger partial charge in [0.15, 0.2) is 5.82 Å². The normalized spacial score (nSPS) is 16.9. The van der Waals surface area contributed by atoms with Gasteiger partial charge in [-0.15, -0.1) is 0 Å². The second-order valence-corrected chi connectivity index (χ2v) is 7.44. The quantitative estimate of drug-likeness (QED) is 0.912. The van der Waals surface area contributed by atoms with Crippen LogP contribution < -0.4 is 5.32 Å². The van der Waals surface area contributed by atoms with E-state index in [9.17, 15) is 4.21 Å². The number of hydrogen-bond acceptors (Lipinski definition) is 5. The van der Waals surface area contributed by atoms with Gasteiger partial charge >= 0.3 is 0 Å². The minimum absolute atomic E-state index is 0.444. The van der Waals surface area contributed by atoms with Crippen molar-refractivity contribution in [3.05, 3.63) is 36.3 Å². The highest BCUT2D eigenvalue weighted by Crippen LogP contribution is 2.23. The molecule has 3 rings (SSSR count). The van der Waals surface area contributed by atoms with Gasteiger partial charge in [-0.2, -0.15) is 0 Å². The van der Waals surface area contributed by atoms with Crippen LogP contribution in [0.4, 0.5) is 5.82 Å². The number of nitrogens with zero attached hydrogens (tertiary/aromatic N) is 3. The average Bonchev–Trinajstić information content (AvgIpc) is 2.56. The van der Waals surface area contributed by atoms with Gasteiger partial charge in [0.2, 0.25) is 0 Å². The Kier molecular flexibility index (Phi) is 5.33. The summed E-state index contributed by atoms with van der Waals surface area (Å²) < 4.78 is 11.6. The Balaban J connectivity index is 1.89. The first-order valence-corrected chi connectivity index (χ1v) is 9.78. The van der Waals surface area contributed by atoms with Crippen LogP contribution in [0, 0.1) is 0 Å². The summed E-state index contributed by atoms with van der Waals surface area (Å²) in [6.07, 6.45) is 11.4. The molecule has 2 heterocycles. The fraction of sp³-hybridized carbons (Fsp3) is 0.471. The summed E-state index contributed by atoms with van der Waals surface area (Å²) in [5.41, 5.74) is 1.74. The summed E-state index contributed by atoms with van der Waals surface area (Å²) in [6, 6.07) is 6.20. The van der Waals surface area contributed by atoms with Gasteiger partial charge < -0.3 is 5.32 Å². The van der Waals surface area contributed by atoms with E-state index in [4.69, 9.17) is 0 Å². The molecule has 1 aliphatic rings. The van der Waals surface area contributed by atoms with Gasteiger partial charge in [0, 0.05) is 47.1 Å². The maximum absolute atomic E-state index is 11.6. The van der Waals surface area contributed by atoms with Crippen molar-refractivity contribution in [2.24, 2.45) is 0 Å². The predicted molar refractivity (Wildman–Crippen MR) is 93.5 cm³/mol. The molecule has 0 aromatic carbocycles. The molecular weight excluding hydrogens is 308 g/mol. The van der Waals surface area contributed by atoms with Gasteiger partial charge in [0.05, 0.1) is 11.4 Å². The number of rotatable bonds is 5. The zero-order valence-electron chi connectivity index (χ0n) is 13.4. The van der Waals surface area contributed by atoms with Gasteiger partial charge in [-0.05, 0) is 25.0 Å². The second-order valence-electron chi connectivity index (χ2n) is 6.00. The monoisotopic (exact) mass is 330 g/mol. The lowest BCUT2D eigenvalue weighted by Gasteiger charge is -2.23. The highest BCUT2D eigenvalue weighted by Gasteiger charge is 2.15. The van der Waals surface area contributed by atoms with Crippen LogP contribution in [0.1, 0.15) is 37.8 Å². The molecule has 0 radical (unpaired) electrons. The highest BCUT2D eigenvalue weighted by atomic mass is 32.2. The van der Waals surface area contributed by atoms with Crippen molar-refractivity contribution in [1.29, 1.82) is 0 Å². The van der Waals surface area contributed by atoms with E-state index in [0.29, 0.717) is 17.6 Å². The molecule has 2 aromatic rings.